The van der Waals surface area contributed by atoms with Gasteiger partial charge in [0.15, 0.2) is 5.69 Å². The second-order valence-corrected chi connectivity index (χ2v) is 9.18. The summed E-state index contributed by atoms with van der Waals surface area (Å²) in [5, 5.41) is 16.1. The number of carbonyl (C=O) groups is 2. The number of halogens is 4. The summed E-state index contributed by atoms with van der Waals surface area (Å²) in [5.74, 6) is -3.62. The van der Waals surface area contributed by atoms with Crippen molar-refractivity contribution in [2.75, 3.05) is 0 Å². The molecule has 2 atom stereocenters. The molecule has 0 spiro atoms. The normalized spacial score (nSPS) is 17.5. The number of alkyl halides is 3. The molecule has 0 saturated heterocycles. The first-order valence-electron chi connectivity index (χ1n) is 12.3. The van der Waals surface area contributed by atoms with Gasteiger partial charge in [0.05, 0.1) is 24.3 Å². The average molecular weight is 550 g/mol. The second kappa shape index (κ2) is 12.3. The Kier molecular flexibility index (Phi) is 8.85. The van der Waals surface area contributed by atoms with Crippen LogP contribution in [0.4, 0.5) is 17.6 Å². The van der Waals surface area contributed by atoms with Crippen molar-refractivity contribution < 1.29 is 41.7 Å². The van der Waals surface area contributed by atoms with Crippen LogP contribution in [0.3, 0.4) is 0 Å². The largest absolute Gasteiger partial charge is 0.476 e. The molecular formula is C27H27F4N3O5. The van der Waals surface area contributed by atoms with Gasteiger partial charge in [0.25, 0.3) is 0 Å². The van der Waals surface area contributed by atoms with E-state index in [-0.39, 0.29) is 18.0 Å². The van der Waals surface area contributed by atoms with E-state index in [0.29, 0.717) is 19.1 Å². The van der Waals surface area contributed by atoms with Crippen molar-refractivity contribution in [1.82, 2.24) is 15.1 Å². The highest BCUT2D eigenvalue weighted by Gasteiger charge is 2.37. The van der Waals surface area contributed by atoms with Crippen molar-refractivity contribution in [3.63, 3.8) is 0 Å². The number of carboxylic acid groups (broad SMARTS) is 1. The molecule has 4 rings (SSSR count). The third kappa shape index (κ3) is 7.34. The molecule has 1 fully saturated rings. The van der Waals surface area contributed by atoms with Gasteiger partial charge in [0.1, 0.15) is 19.0 Å². The maximum Gasteiger partial charge on any atom is 0.419 e. The van der Waals surface area contributed by atoms with Gasteiger partial charge in [-0.3, -0.25) is 4.79 Å². The molecule has 0 radical (unpaired) electrons. The summed E-state index contributed by atoms with van der Waals surface area (Å²) in [4.78, 5) is 24.4. The number of amides is 1. The highest BCUT2D eigenvalue weighted by atomic mass is 19.4. The molecule has 1 aliphatic carbocycles. The van der Waals surface area contributed by atoms with E-state index in [0.717, 1.165) is 47.7 Å². The number of nitrogens with zero attached hydrogens (tertiary/aromatic N) is 2. The molecule has 1 heterocycles. The monoisotopic (exact) mass is 549 g/mol. The number of aromatic carboxylic acids is 1. The van der Waals surface area contributed by atoms with Crippen LogP contribution >= 0.6 is 0 Å². The molecule has 0 bridgehead atoms. The fourth-order valence-electron chi connectivity index (χ4n) is 4.52. The number of aromatic nitrogens is 2. The Balaban J connectivity index is 1.44. The van der Waals surface area contributed by atoms with E-state index in [1.807, 2.05) is 30.3 Å². The minimum absolute atomic E-state index is 0.223. The first kappa shape index (κ1) is 28.1. The fraction of sp³-hybridized carbons (Fsp3) is 0.370. The molecule has 1 amide bonds. The van der Waals surface area contributed by atoms with Gasteiger partial charge in [-0.1, -0.05) is 55.3 Å². The number of benzene rings is 2. The Morgan fingerprint density at radius 2 is 1.79 bits per heavy atom. The molecule has 3 aromatic rings. The number of hydrogen-bond acceptors (Lipinski definition) is 5. The van der Waals surface area contributed by atoms with Crippen molar-refractivity contribution in [1.29, 1.82) is 0 Å². The molecule has 2 N–H and O–H groups in total. The Bertz CT molecular complexity index is 1300. The molecular weight excluding hydrogens is 522 g/mol. The number of nitrogens with one attached hydrogen (secondary N) is 1. The van der Waals surface area contributed by atoms with Gasteiger partial charge in [-0.05, 0) is 24.5 Å². The van der Waals surface area contributed by atoms with Crippen molar-refractivity contribution in [3.8, 4) is 5.88 Å². The van der Waals surface area contributed by atoms with Gasteiger partial charge < -0.3 is 19.9 Å². The van der Waals surface area contributed by atoms with Crippen LogP contribution in [0, 0.1) is 5.82 Å². The summed E-state index contributed by atoms with van der Waals surface area (Å²) in [6, 6.07) is 13.2. The molecule has 1 aromatic heterocycles. The number of carboxylic acids is 1. The zero-order valence-corrected chi connectivity index (χ0v) is 20.8. The average Bonchev–Trinajstić information content (AvgIpc) is 3.29. The van der Waals surface area contributed by atoms with Crippen LogP contribution in [0.1, 0.15) is 52.9 Å². The molecule has 1 aliphatic rings. The number of rotatable bonds is 10. The summed E-state index contributed by atoms with van der Waals surface area (Å²) in [6.07, 6.45) is -1.90. The molecule has 1 saturated carbocycles. The zero-order valence-electron chi connectivity index (χ0n) is 20.8. The third-order valence-corrected chi connectivity index (χ3v) is 6.37. The zero-order chi connectivity index (χ0) is 28.0. The summed E-state index contributed by atoms with van der Waals surface area (Å²) >= 11 is 0. The maximum atomic E-state index is 13.9. The SMILES string of the molecule is O=C(Cn1nc(C(=O)O)cc1OCc1cccc(F)c1C(F)(F)F)NC1CCCCC1OCc1ccccc1. The second-order valence-electron chi connectivity index (χ2n) is 9.18. The van der Waals surface area contributed by atoms with Crippen LogP contribution in [0.5, 0.6) is 5.88 Å². The van der Waals surface area contributed by atoms with Crippen molar-refractivity contribution >= 4 is 11.9 Å². The van der Waals surface area contributed by atoms with Crippen molar-refractivity contribution in [2.45, 2.75) is 63.8 Å². The maximum absolute atomic E-state index is 13.9. The van der Waals surface area contributed by atoms with Crippen LogP contribution in [-0.4, -0.2) is 38.9 Å². The molecule has 2 aromatic carbocycles. The van der Waals surface area contributed by atoms with E-state index in [2.05, 4.69) is 10.4 Å². The van der Waals surface area contributed by atoms with E-state index in [9.17, 15) is 32.3 Å². The van der Waals surface area contributed by atoms with Crippen molar-refractivity contribution in [3.05, 3.63) is 82.8 Å². The minimum Gasteiger partial charge on any atom is -0.476 e. The number of carbonyl (C=O) groups excluding carboxylic acids is 1. The molecule has 2 unspecified atom stereocenters. The molecule has 12 heteroatoms. The number of ether oxygens (including phenoxy) is 2. The van der Waals surface area contributed by atoms with Crippen molar-refractivity contribution in [2.24, 2.45) is 0 Å². The molecule has 8 nitrogen and oxygen atoms in total. The Morgan fingerprint density at radius 1 is 1.05 bits per heavy atom. The molecule has 0 aliphatic heterocycles. The van der Waals surface area contributed by atoms with Gasteiger partial charge in [0.2, 0.25) is 11.8 Å². The van der Waals surface area contributed by atoms with Gasteiger partial charge in [-0.25, -0.2) is 13.9 Å². The predicted octanol–water partition coefficient (Wildman–Crippen LogP) is 4.96. The van der Waals surface area contributed by atoms with Gasteiger partial charge >= 0.3 is 12.1 Å². The Hall–Kier alpha value is -3.93. The van der Waals surface area contributed by atoms with Crippen LogP contribution in [-0.2, 0) is 35.5 Å². The lowest BCUT2D eigenvalue weighted by Gasteiger charge is -2.32. The summed E-state index contributed by atoms with van der Waals surface area (Å²) in [7, 11) is 0. The number of hydrogen-bond donors (Lipinski definition) is 2. The van der Waals surface area contributed by atoms with E-state index in [4.69, 9.17) is 9.47 Å². The first-order chi connectivity index (χ1) is 18.6. The lowest BCUT2D eigenvalue weighted by molar-refractivity contribution is -0.141. The van der Waals surface area contributed by atoms with Gasteiger partial charge in [0, 0.05) is 11.6 Å². The van der Waals surface area contributed by atoms with Crippen LogP contribution < -0.4 is 10.1 Å². The van der Waals surface area contributed by atoms with E-state index in [1.165, 1.54) is 0 Å². The lowest BCUT2D eigenvalue weighted by atomic mass is 9.92. The summed E-state index contributed by atoms with van der Waals surface area (Å²) in [5.41, 5.74) is -1.43. The predicted molar refractivity (Wildman–Crippen MR) is 130 cm³/mol. The van der Waals surface area contributed by atoms with Gasteiger partial charge in [-0.15, -0.1) is 0 Å². The topological polar surface area (TPSA) is 103 Å². The van der Waals surface area contributed by atoms with Crippen LogP contribution in [0.2, 0.25) is 0 Å². The molecule has 208 valence electrons. The third-order valence-electron chi connectivity index (χ3n) is 6.37. The highest BCUT2D eigenvalue weighted by Crippen LogP contribution is 2.34. The van der Waals surface area contributed by atoms with E-state index < -0.39 is 53.8 Å². The van der Waals surface area contributed by atoms with Crippen LogP contribution in [0.25, 0.3) is 0 Å². The standard InChI is InChI=1S/C27H27F4N3O5/c28-19-10-6-9-18(25(19)27(29,30)31)16-39-24-13-21(26(36)37)33-34(24)14-23(35)32-20-11-4-5-12-22(20)38-15-17-7-2-1-3-8-17/h1-3,6-10,13,20,22H,4-5,11-12,14-16H2,(H,32,35)(H,36,37). The summed E-state index contributed by atoms with van der Waals surface area (Å²) < 4.78 is 66.4. The fourth-order valence-corrected chi connectivity index (χ4v) is 4.52. The van der Waals surface area contributed by atoms with Gasteiger partial charge in [-0.2, -0.15) is 18.3 Å². The summed E-state index contributed by atoms with van der Waals surface area (Å²) in [6.45, 7) is -0.784. The first-order valence-corrected chi connectivity index (χ1v) is 12.3. The smallest absolute Gasteiger partial charge is 0.419 e. The quantitative estimate of drug-likeness (QED) is 0.347. The lowest BCUT2D eigenvalue weighted by Crippen LogP contribution is -2.47. The van der Waals surface area contributed by atoms with Crippen LogP contribution in [0.15, 0.2) is 54.6 Å². The highest BCUT2D eigenvalue weighted by molar-refractivity contribution is 5.85. The molecule has 39 heavy (non-hydrogen) atoms. The minimum atomic E-state index is -4.96. The van der Waals surface area contributed by atoms with E-state index in [1.54, 1.807) is 0 Å². The Morgan fingerprint density at radius 3 is 2.51 bits per heavy atom. The van der Waals surface area contributed by atoms with E-state index >= 15 is 0 Å². The Labute approximate surface area is 221 Å².